The lowest BCUT2D eigenvalue weighted by Crippen LogP contribution is -2.05. The molecule has 0 saturated carbocycles. The van der Waals surface area contributed by atoms with E-state index >= 15 is 0 Å². The molecule has 0 unspecified atom stereocenters. The number of hydrogen-bond acceptors (Lipinski definition) is 2. The number of benzene rings is 1. The summed E-state index contributed by atoms with van der Waals surface area (Å²) in [6.07, 6.45) is 0. The first-order chi connectivity index (χ1) is 6.59. The number of H-pyrrole nitrogens is 1. The number of pyridine rings is 1. The van der Waals surface area contributed by atoms with E-state index in [4.69, 9.17) is 0 Å². The minimum Gasteiger partial charge on any atom is -0.507 e. The van der Waals surface area contributed by atoms with Crippen LogP contribution in [0.1, 0.15) is 0 Å². The summed E-state index contributed by atoms with van der Waals surface area (Å²) in [6, 6.07) is 2.56. The van der Waals surface area contributed by atoms with Gasteiger partial charge in [-0.3, -0.25) is 4.79 Å². The molecule has 3 nitrogen and oxygen atoms in total. The largest absolute Gasteiger partial charge is 0.507 e. The molecule has 0 saturated heterocycles. The Morgan fingerprint density at radius 2 is 1.86 bits per heavy atom. The Bertz CT molecular complexity index is 562. The van der Waals surface area contributed by atoms with Gasteiger partial charge in [-0.2, -0.15) is 0 Å². The van der Waals surface area contributed by atoms with E-state index in [1.807, 2.05) is 0 Å². The van der Waals surface area contributed by atoms with Crippen molar-refractivity contribution < 1.29 is 13.9 Å². The number of rotatable bonds is 0. The average molecular weight is 197 g/mol. The Kier molecular flexibility index (Phi) is 1.73. The summed E-state index contributed by atoms with van der Waals surface area (Å²) in [5.41, 5.74) is -1.01. The monoisotopic (exact) mass is 197 g/mol. The van der Waals surface area contributed by atoms with Crippen LogP contribution in [0.15, 0.2) is 23.0 Å². The van der Waals surface area contributed by atoms with Gasteiger partial charge in [-0.05, 0) is 12.1 Å². The summed E-state index contributed by atoms with van der Waals surface area (Å²) in [4.78, 5) is 13.0. The number of hydrogen-bond donors (Lipinski definition) is 2. The molecule has 2 aromatic rings. The lowest BCUT2D eigenvalue weighted by Gasteiger charge is -2.02. The molecule has 14 heavy (non-hydrogen) atoms. The first kappa shape index (κ1) is 8.68. The first-order valence-corrected chi connectivity index (χ1v) is 3.79. The van der Waals surface area contributed by atoms with Gasteiger partial charge in [-0.1, -0.05) is 0 Å². The summed E-state index contributed by atoms with van der Waals surface area (Å²) in [7, 11) is 0. The quantitative estimate of drug-likeness (QED) is 0.672. The molecule has 72 valence electrons. The van der Waals surface area contributed by atoms with E-state index in [0.717, 1.165) is 18.2 Å². The van der Waals surface area contributed by atoms with E-state index in [1.54, 1.807) is 0 Å². The number of aromatic amines is 1. The SMILES string of the molecule is O=c1cc(O)c2c(F)ccc(F)c2[nH]1. The van der Waals surface area contributed by atoms with Crippen LogP contribution in [-0.4, -0.2) is 10.1 Å². The summed E-state index contributed by atoms with van der Waals surface area (Å²) in [5, 5.41) is 8.92. The predicted octanol–water partition coefficient (Wildman–Crippen LogP) is 1.51. The number of halogens is 2. The van der Waals surface area contributed by atoms with Crippen molar-refractivity contribution in [3.63, 3.8) is 0 Å². The molecule has 0 radical (unpaired) electrons. The van der Waals surface area contributed by atoms with Crippen LogP contribution in [0.3, 0.4) is 0 Å². The van der Waals surface area contributed by atoms with Gasteiger partial charge in [0.05, 0.1) is 10.9 Å². The van der Waals surface area contributed by atoms with Gasteiger partial charge in [0.25, 0.3) is 5.56 Å². The third-order valence-electron chi connectivity index (χ3n) is 1.88. The first-order valence-electron chi connectivity index (χ1n) is 3.79. The predicted molar refractivity (Wildman–Crippen MR) is 46.1 cm³/mol. The average Bonchev–Trinajstić information content (AvgIpc) is 2.10. The van der Waals surface area contributed by atoms with Crippen LogP contribution in [0.4, 0.5) is 8.78 Å². The van der Waals surface area contributed by atoms with Gasteiger partial charge in [0.2, 0.25) is 0 Å². The van der Waals surface area contributed by atoms with Crippen molar-refractivity contribution in [1.29, 1.82) is 0 Å². The van der Waals surface area contributed by atoms with Gasteiger partial charge in [0.1, 0.15) is 17.4 Å². The third kappa shape index (κ3) is 1.14. The Morgan fingerprint density at radius 3 is 2.57 bits per heavy atom. The Morgan fingerprint density at radius 1 is 1.21 bits per heavy atom. The highest BCUT2D eigenvalue weighted by atomic mass is 19.1. The van der Waals surface area contributed by atoms with Gasteiger partial charge < -0.3 is 10.1 Å². The van der Waals surface area contributed by atoms with Crippen LogP contribution in [0.25, 0.3) is 10.9 Å². The van der Waals surface area contributed by atoms with Crippen LogP contribution in [-0.2, 0) is 0 Å². The molecule has 2 rings (SSSR count). The van der Waals surface area contributed by atoms with Crippen LogP contribution in [0.2, 0.25) is 0 Å². The molecule has 1 aromatic carbocycles. The van der Waals surface area contributed by atoms with Gasteiger partial charge in [-0.25, -0.2) is 8.78 Å². The number of aromatic nitrogens is 1. The molecular weight excluding hydrogens is 192 g/mol. The molecule has 0 aliphatic carbocycles. The molecule has 0 bridgehead atoms. The fourth-order valence-corrected chi connectivity index (χ4v) is 1.28. The standard InChI is InChI=1S/C9H5F2NO2/c10-4-1-2-5(11)9-8(4)6(13)3-7(14)12-9/h1-3H,(H2,12,13,14). The topological polar surface area (TPSA) is 53.1 Å². The second kappa shape index (κ2) is 2.80. The molecule has 0 spiro atoms. The van der Waals surface area contributed by atoms with E-state index in [0.29, 0.717) is 0 Å². The maximum atomic E-state index is 13.1. The van der Waals surface area contributed by atoms with Crippen molar-refractivity contribution in [3.8, 4) is 5.75 Å². The minimum atomic E-state index is -0.783. The molecule has 1 aromatic heterocycles. The molecular formula is C9H5F2NO2. The second-order valence-corrected chi connectivity index (χ2v) is 2.80. The van der Waals surface area contributed by atoms with Crippen molar-refractivity contribution in [2.75, 3.05) is 0 Å². The van der Waals surface area contributed by atoms with E-state index < -0.39 is 22.9 Å². The van der Waals surface area contributed by atoms with Crippen molar-refractivity contribution in [2.24, 2.45) is 0 Å². The van der Waals surface area contributed by atoms with Gasteiger partial charge in [0.15, 0.2) is 0 Å². The van der Waals surface area contributed by atoms with Crippen LogP contribution in [0, 0.1) is 11.6 Å². The third-order valence-corrected chi connectivity index (χ3v) is 1.88. The van der Waals surface area contributed by atoms with Crippen molar-refractivity contribution in [1.82, 2.24) is 4.98 Å². The summed E-state index contributed by atoms with van der Waals surface area (Å²) < 4.78 is 26.2. The zero-order valence-corrected chi connectivity index (χ0v) is 6.84. The lowest BCUT2D eigenvalue weighted by atomic mass is 10.2. The van der Waals surface area contributed by atoms with Gasteiger partial charge in [0, 0.05) is 6.07 Å². The van der Waals surface area contributed by atoms with Gasteiger partial charge in [-0.15, -0.1) is 0 Å². The fraction of sp³-hybridized carbons (Fsp3) is 0. The summed E-state index contributed by atoms with van der Waals surface area (Å²) in [6.45, 7) is 0. The van der Waals surface area contributed by atoms with Crippen molar-refractivity contribution in [2.45, 2.75) is 0 Å². The number of nitrogens with one attached hydrogen (secondary N) is 1. The summed E-state index contributed by atoms with van der Waals surface area (Å²) in [5.74, 6) is -2.13. The molecule has 2 N–H and O–H groups in total. The van der Waals surface area contributed by atoms with Gasteiger partial charge >= 0.3 is 0 Å². The minimum absolute atomic E-state index is 0.315. The van der Waals surface area contributed by atoms with Crippen LogP contribution < -0.4 is 5.56 Å². The molecule has 0 aliphatic heterocycles. The van der Waals surface area contributed by atoms with Crippen molar-refractivity contribution >= 4 is 10.9 Å². The number of aromatic hydroxyl groups is 1. The molecule has 0 fully saturated rings. The number of fused-ring (bicyclic) bond motifs is 1. The normalized spacial score (nSPS) is 10.7. The fourth-order valence-electron chi connectivity index (χ4n) is 1.28. The molecule has 1 heterocycles. The highest BCUT2D eigenvalue weighted by Crippen LogP contribution is 2.25. The highest BCUT2D eigenvalue weighted by molar-refractivity contribution is 5.85. The summed E-state index contributed by atoms with van der Waals surface area (Å²) >= 11 is 0. The van der Waals surface area contributed by atoms with Crippen LogP contribution >= 0.6 is 0 Å². The maximum absolute atomic E-state index is 13.1. The molecule has 0 atom stereocenters. The Hall–Kier alpha value is -1.91. The molecule has 5 heteroatoms. The Labute approximate surface area is 76.6 Å². The maximum Gasteiger partial charge on any atom is 0.252 e. The Balaban J connectivity index is 3.07. The zero-order chi connectivity index (χ0) is 10.3. The molecule has 0 amide bonds. The second-order valence-electron chi connectivity index (χ2n) is 2.80. The van der Waals surface area contributed by atoms with Crippen molar-refractivity contribution in [3.05, 3.63) is 40.2 Å². The van der Waals surface area contributed by atoms with E-state index in [-0.39, 0.29) is 10.9 Å². The smallest absolute Gasteiger partial charge is 0.252 e. The highest BCUT2D eigenvalue weighted by Gasteiger charge is 2.11. The van der Waals surface area contributed by atoms with Crippen LogP contribution in [0.5, 0.6) is 5.75 Å². The van der Waals surface area contributed by atoms with E-state index in [9.17, 15) is 18.7 Å². The van der Waals surface area contributed by atoms with E-state index in [2.05, 4.69) is 4.98 Å². The lowest BCUT2D eigenvalue weighted by molar-refractivity contribution is 0.476. The van der Waals surface area contributed by atoms with E-state index in [1.165, 1.54) is 0 Å². The zero-order valence-electron chi connectivity index (χ0n) is 6.84. The molecule has 0 aliphatic rings.